The lowest BCUT2D eigenvalue weighted by Crippen LogP contribution is -2.41. The minimum Gasteiger partial charge on any atom is -0.494 e. The summed E-state index contributed by atoms with van der Waals surface area (Å²) in [6, 6.07) is 7.68. The average Bonchev–Trinajstić information content (AvgIpc) is 2.49. The van der Waals surface area contributed by atoms with E-state index in [1.165, 1.54) is 0 Å². The highest BCUT2D eigenvalue weighted by Gasteiger charge is 2.14. The highest BCUT2D eigenvalue weighted by atomic mass is 32.1. The molecule has 1 unspecified atom stereocenters. The van der Waals surface area contributed by atoms with Crippen molar-refractivity contribution in [3.63, 3.8) is 0 Å². The molecule has 20 heavy (non-hydrogen) atoms. The van der Waals surface area contributed by atoms with Gasteiger partial charge in [0, 0.05) is 12.2 Å². The average molecular weight is 296 g/mol. The predicted octanol–water partition coefficient (Wildman–Crippen LogP) is 1.79. The first-order valence-corrected chi connectivity index (χ1v) is 7.16. The predicted molar refractivity (Wildman–Crippen MR) is 82.4 cm³/mol. The van der Waals surface area contributed by atoms with Crippen molar-refractivity contribution >= 4 is 23.0 Å². The molecule has 1 aliphatic rings. The van der Waals surface area contributed by atoms with Crippen molar-refractivity contribution in [1.29, 1.82) is 0 Å². The number of thiocarbonyl (C=S) groups is 1. The molecule has 2 N–H and O–H groups in total. The molecule has 0 bridgehead atoms. The van der Waals surface area contributed by atoms with Crippen LogP contribution in [0.15, 0.2) is 24.3 Å². The number of anilines is 1. The Hall–Kier alpha value is -1.37. The number of rotatable bonds is 5. The van der Waals surface area contributed by atoms with Gasteiger partial charge in [-0.2, -0.15) is 0 Å². The van der Waals surface area contributed by atoms with Crippen LogP contribution in [0.3, 0.4) is 0 Å². The fraction of sp³-hybridized carbons (Fsp3) is 0.500. The molecule has 0 aromatic heterocycles. The van der Waals surface area contributed by atoms with E-state index in [-0.39, 0.29) is 6.10 Å². The van der Waals surface area contributed by atoms with Gasteiger partial charge in [-0.1, -0.05) is 0 Å². The summed E-state index contributed by atoms with van der Waals surface area (Å²) in [6.45, 7) is 5.19. The van der Waals surface area contributed by atoms with Crippen molar-refractivity contribution in [3.05, 3.63) is 24.3 Å². The molecule has 5 nitrogen and oxygen atoms in total. The van der Waals surface area contributed by atoms with Gasteiger partial charge < -0.3 is 24.8 Å². The summed E-state index contributed by atoms with van der Waals surface area (Å²) in [6.07, 6.45) is 0.0591. The smallest absolute Gasteiger partial charge is 0.170 e. The first-order chi connectivity index (χ1) is 9.78. The van der Waals surface area contributed by atoms with Crippen molar-refractivity contribution in [2.75, 3.05) is 38.3 Å². The van der Waals surface area contributed by atoms with Gasteiger partial charge in [-0.05, 0) is 43.4 Å². The van der Waals surface area contributed by atoms with E-state index in [9.17, 15) is 0 Å². The standard InChI is InChI=1S/C14H20N2O3S/c1-2-18-12-5-3-11(4-6-12)16-14(20)15-9-13-10-17-7-8-19-13/h3-6,13H,2,7-10H2,1H3,(H2,15,16,20). The highest BCUT2D eigenvalue weighted by molar-refractivity contribution is 7.80. The van der Waals surface area contributed by atoms with Gasteiger partial charge >= 0.3 is 0 Å². The Morgan fingerprint density at radius 3 is 2.80 bits per heavy atom. The molecule has 2 rings (SSSR count). The van der Waals surface area contributed by atoms with Crippen LogP contribution in [0.4, 0.5) is 5.69 Å². The SMILES string of the molecule is CCOc1ccc(NC(=S)NCC2COCCO2)cc1. The van der Waals surface area contributed by atoms with E-state index in [2.05, 4.69) is 10.6 Å². The molecule has 1 aromatic rings. The van der Waals surface area contributed by atoms with Crippen molar-refractivity contribution in [2.45, 2.75) is 13.0 Å². The molecule has 0 amide bonds. The van der Waals surface area contributed by atoms with Crippen LogP contribution in [0.25, 0.3) is 0 Å². The minimum absolute atomic E-state index is 0.0591. The normalized spacial score (nSPS) is 18.4. The van der Waals surface area contributed by atoms with Gasteiger partial charge in [0.15, 0.2) is 5.11 Å². The number of benzene rings is 1. The summed E-state index contributed by atoms with van der Waals surface area (Å²) < 4.78 is 16.2. The second kappa shape index (κ2) is 8.04. The molecule has 110 valence electrons. The number of ether oxygens (including phenoxy) is 3. The Labute approximate surface area is 124 Å². The summed E-state index contributed by atoms with van der Waals surface area (Å²) in [5.41, 5.74) is 0.923. The molecule has 0 radical (unpaired) electrons. The van der Waals surface area contributed by atoms with Crippen LogP contribution in [-0.2, 0) is 9.47 Å². The number of nitrogens with one attached hydrogen (secondary N) is 2. The topological polar surface area (TPSA) is 51.8 Å². The Morgan fingerprint density at radius 1 is 1.35 bits per heavy atom. The molecule has 1 aliphatic heterocycles. The van der Waals surface area contributed by atoms with Gasteiger partial charge in [0.05, 0.1) is 32.5 Å². The van der Waals surface area contributed by atoms with Gasteiger partial charge in [0.1, 0.15) is 5.75 Å². The summed E-state index contributed by atoms with van der Waals surface area (Å²) >= 11 is 5.24. The van der Waals surface area contributed by atoms with Crippen LogP contribution < -0.4 is 15.4 Å². The zero-order chi connectivity index (χ0) is 14.2. The van der Waals surface area contributed by atoms with Crippen molar-refractivity contribution < 1.29 is 14.2 Å². The van der Waals surface area contributed by atoms with E-state index in [4.69, 9.17) is 26.4 Å². The number of hydrogen-bond donors (Lipinski definition) is 2. The van der Waals surface area contributed by atoms with Crippen molar-refractivity contribution in [2.24, 2.45) is 0 Å². The molecular formula is C14H20N2O3S. The van der Waals surface area contributed by atoms with Crippen LogP contribution in [0.2, 0.25) is 0 Å². The van der Waals surface area contributed by atoms with Gasteiger partial charge in [-0.25, -0.2) is 0 Å². The Balaban J connectivity index is 1.73. The van der Waals surface area contributed by atoms with Crippen LogP contribution in [0, 0.1) is 0 Å². The Bertz CT molecular complexity index is 419. The first kappa shape index (κ1) is 15.0. The van der Waals surface area contributed by atoms with Crippen LogP contribution in [0.5, 0.6) is 5.75 Å². The Kier molecular flexibility index (Phi) is 6.04. The molecule has 1 saturated heterocycles. The monoisotopic (exact) mass is 296 g/mol. The van der Waals surface area contributed by atoms with Crippen molar-refractivity contribution in [3.8, 4) is 5.75 Å². The fourth-order valence-corrected chi connectivity index (χ4v) is 2.04. The number of hydrogen-bond acceptors (Lipinski definition) is 4. The molecule has 0 spiro atoms. The first-order valence-electron chi connectivity index (χ1n) is 6.75. The lowest BCUT2D eigenvalue weighted by Gasteiger charge is -2.23. The second-order valence-electron chi connectivity index (χ2n) is 4.36. The van der Waals surface area contributed by atoms with Crippen LogP contribution >= 0.6 is 12.2 Å². The third-order valence-electron chi connectivity index (χ3n) is 2.80. The Morgan fingerprint density at radius 2 is 2.15 bits per heavy atom. The molecule has 1 fully saturated rings. The zero-order valence-corrected chi connectivity index (χ0v) is 12.4. The molecule has 1 atom stereocenters. The van der Waals surface area contributed by atoms with Gasteiger partial charge in [-0.3, -0.25) is 0 Å². The lowest BCUT2D eigenvalue weighted by atomic mass is 10.3. The van der Waals surface area contributed by atoms with Gasteiger partial charge in [-0.15, -0.1) is 0 Å². The molecule has 6 heteroatoms. The quantitative estimate of drug-likeness (QED) is 0.808. The third kappa shape index (κ3) is 4.96. The van der Waals surface area contributed by atoms with E-state index in [1.807, 2.05) is 31.2 Å². The fourth-order valence-electron chi connectivity index (χ4n) is 1.84. The third-order valence-corrected chi connectivity index (χ3v) is 3.04. The van der Waals surface area contributed by atoms with Gasteiger partial charge in [0.2, 0.25) is 0 Å². The summed E-state index contributed by atoms with van der Waals surface area (Å²) in [5.74, 6) is 0.852. The van der Waals surface area contributed by atoms with Crippen LogP contribution in [-0.4, -0.2) is 44.2 Å². The zero-order valence-electron chi connectivity index (χ0n) is 11.6. The molecule has 0 saturated carbocycles. The lowest BCUT2D eigenvalue weighted by molar-refractivity contribution is -0.0849. The minimum atomic E-state index is 0.0591. The van der Waals surface area contributed by atoms with E-state index >= 15 is 0 Å². The molecular weight excluding hydrogens is 276 g/mol. The summed E-state index contributed by atoms with van der Waals surface area (Å²) in [4.78, 5) is 0. The van der Waals surface area contributed by atoms with Crippen molar-refractivity contribution in [1.82, 2.24) is 5.32 Å². The maximum absolute atomic E-state index is 5.53. The highest BCUT2D eigenvalue weighted by Crippen LogP contribution is 2.15. The van der Waals surface area contributed by atoms with Gasteiger partial charge in [0.25, 0.3) is 0 Å². The summed E-state index contributed by atoms with van der Waals surface area (Å²) in [7, 11) is 0. The van der Waals surface area contributed by atoms with Crippen LogP contribution in [0.1, 0.15) is 6.92 Å². The summed E-state index contributed by atoms with van der Waals surface area (Å²) in [5, 5.41) is 6.82. The van der Waals surface area contributed by atoms with E-state index < -0.39 is 0 Å². The van der Waals surface area contributed by atoms with E-state index in [0.717, 1.165) is 11.4 Å². The van der Waals surface area contributed by atoms with E-state index in [0.29, 0.717) is 38.1 Å². The molecule has 1 aromatic carbocycles. The molecule has 0 aliphatic carbocycles. The largest absolute Gasteiger partial charge is 0.494 e. The maximum Gasteiger partial charge on any atom is 0.170 e. The second-order valence-corrected chi connectivity index (χ2v) is 4.77. The maximum atomic E-state index is 5.53. The molecule has 1 heterocycles. The van der Waals surface area contributed by atoms with E-state index in [1.54, 1.807) is 0 Å².